The van der Waals surface area contributed by atoms with E-state index in [1.165, 1.54) is 38.1 Å². The maximum absolute atomic E-state index is 12.8. The predicted molar refractivity (Wildman–Crippen MR) is 108 cm³/mol. The molecule has 2 aromatic rings. The Hall–Kier alpha value is -1.21. The van der Waals surface area contributed by atoms with E-state index in [0.29, 0.717) is 22.3 Å². The smallest absolute Gasteiger partial charge is 0.241 e. The summed E-state index contributed by atoms with van der Waals surface area (Å²) < 4.78 is 24.0. The van der Waals surface area contributed by atoms with Gasteiger partial charge in [-0.25, -0.2) is 8.42 Å². The normalized spacial score (nSPS) is 12.0. The van der Waals surface area contributed by atoms with E-state index in [1.807, 2.05) is 12.1 Å². The van der Waals surface area contributed by atoms with Gasteiger partial charge in [0.05, 0.1) is 4.90 Å². The molecule has 140 valence electrons. The molecule has 0 unspecified atom stereocenters. The summed E-state index contributed by atoms with van der Waals surface area (Å²) in [7, 11) is -3.84. The molecule has 26 heavy (non-hydrogen) atoms. The molecule has 2 aromatic carbocycles. The van der Waals surface area contributed by atoms with Crippen molar-refractivity contribution in [3.8, 4) is 0 Å². The van der Waals surface area contributed by atoms with Crippen LogP contribution in [0.4, 0.5) is 0 Å². The summed E-state index contributed by atoms with van der Waals surface area (Å²) in [6.45, 7) is 3.16. The van der Waals surface area contributed by atoms with Crippen LogP contribution in [0.3, 0.4) is 0 Å². The molecule has 0 radical (unpaired) electrons. The molecule has 0 aliphatic carbocycles. The highest BCUT2D eigenvalue weighted by Gasteiger charge is 2.42. The zero-order chi connectivity index (χ0) is 19.4. The van der Waals surface area contributed by atoms with E-state index in [2.05, 4.69) is 5.32 Å². The molecule has 0 spiro atoms. The van der Waals surface area contributed by atoms with Gasteiger partial charge in [-0.2, -0.15) is 0 Å². The van der Waals surface area contributed by atoms with E-state index >= 15 is 0 Å². The van der Waals surface area contributed by atoms with Crippen LogP contribution in [0, 0.1) is 0 Å². The lowest BCUT2D eigenvalue weighted by Crippen LogP contribution is -2.48. The van der Waals surface area contributed by atoms with Crippen molar-refractivity contribution in [1.29, 1.82) is 0 Å². The Kier molecular flexibility index (Phi) is 7.02. The molecule has 0 bridgehead atoms. The van der Waals surface area contributed by atoms with Gasteiger partial charge in [0, 0.05) is 27.2 Å². The third-order valence-electron chi connectivity index (χ3n) is 3.81. The second kappa shape index (κ2) is 8.65. The van der Waals surface area contributed by atoms with Gasteiger partial charge in [0.2, 0.25) is 5.91 Å². The van der Waals surface area contributed by atoms with Gasteiger partial charge in [-0.1, -0.05) is 23.2 Å². The van der Waals surface area contributed by atoms with Crippen molar-refractivity contribution in [2.45, 2.75) is 28.4 Å². The number of halogens is 2. The van der Waals surface area contributed by atoms with Crippen molar-refractivity contribution in [3.63, 3.8) is 0 Å². The first kappa shape index (κ1) is 21.1. The number of amides is 1. The SMILES string of the molecule is CC(C)(C(=O)NCCSc1ccc(Cl)cc1)S(=O)(=O)c1ccc(Cl)cc1. The summed E-state index contributed by atoms with van der Waals surface area (Å²) in [5.74, 6) is 0.0777. The van der Waals surface area contributed by atoms with Gasteiger partial charge >= 0.3 is 0 Å². The highest BCUT2D eigenvalue weighted by atomic mass is 35.5. The van der Waals surface area contributed by atoms with E-state index in [4.69, 9.17) is 23.2 Å². The number of thioether (sulfide) groups is 1. The van der Waals surface area contributed by atoms with Crippen LogP contribution in [0.25, 0.3) is 0 Å². The van der Waals surface area contributed by atoms with Crippen LogP contribution in [0.2, 0.25) is 10.0 Å². The molecule has 0 aliphatic heterocycles. The molecule has 0 saturated carbocycles. The molecule has 4 nitrogen and oxygen atoms in total. The van der Waals surface area contributed by atoms with Crippen molar-refractivity contribution < 1.29 is 13.2 Å². The molecule has 1 N–H and O–H groups in total. The molecule has 1 amide bonds. The molecule has 0 aliphatic rings. The van der Waals surface area contributed by atoms with Crippen LogP contribution in [0.1, 0.15) is 13.8 Å². The van der Waals surface area contributed by atoms with Gasteiger partial charge < -0.3 is 5.32 Å². The minimum absolute atomic E-state index is 0.0672. The first-order valence-corrected chi connectivity index (χ1v) is 11.0. The third-order valence-corrected chi connectivity index (χ3v) is 7.75. The van der Waals surface area contributed by atoms with Crippen LogP contribution in [0.15, 0.2) is 58.3 Å². The number of sulfone groups is 1. The quantitative estimate of drug-likeness (QED) is 0.519. The molecular weight excluding hydrogens is 413 g/mol. The Morgan fingerprint density at radius 1 is 1.00 bits per heavy atom. The topological polar surface area (TPSA) is 63.2 Å². The summed E-state index contributed by atoms with van der Waals surface area (Å²) >= 11 is 13.2. The van der Waals surface area contributed by atoms with Crippen LogP contribution in [-0.4, -0.2) is 31.4 Å². The Bertz CT molecular complexity index is 864. The molecule has 0 heterocycles. The van der Waals surface area contributed by atoms with E-state index in [9.17, 15) is 13.2 Å². The second-order valence-electron chi connectivity index (χ2n) is 6.03. The van der Waals surface area contributed by atoms with Gasteiger partial charge in [0.1, 0.15) is 4.75 Å². The fourth-order valence-electron chi connectivity index (χ4n) is 2.11. The Morgan fingerprint density at radius 3 is 2.04 bits per heavy atom. The lowest BCUT2D eigenvalue weighted by atomic mass is 10.2. The number of rotatable bonds is 7. The number of hydrogen-bond acceptors (Lipinski definition) is 4. The standard InChI is InChI=1S/C18H19Cl2NO3S2/c1-18(2,26(23,24)16-9-5-14(20)6-10-16)17(22)21-11-12-25-15-7-3-13(19)4-8-15/h3-10H,11-12H2,1-2H3,(H,21,22). The van der Waals surface area contributed by atoms with Crippen molar-refractivity contribution in [2.75, 3.05) is 12.3 Å². The van der Waals surface area contributed by atoms with Crippen LogP contribution in [-0.2, 0) is 14.6 Å². The van der Waals surface area contributed by atoms with Gasteiger partial charge in [-0.3, -0.25) is 4.79 Å². The summed E-state index contributed by atoms with van der Waals surface area (Å²) in [4.78, 5) is 13.6. The Labute approximate surface area is 168 Å². The zero-order valence-corrected chi connectivity index (χ0v) is 17.5. The molecule has 0 saturated heterocycles. The number of carbonyl (C=O) groups excluding carboxylic acids is 1. The van der Waals surface area contributed by atoms with Crippen LogP contribution >= 0.6 is 35.0 Å². The maximum atomic E-state index is 12.8. The second-order valence-corrected chi connectivity index (χ2v) is 10.6. The van der Waals surface area contributed by atoms with Crippen molar-refractivity contribution in [1.82, 2.24) is 5.32 Å². The van der Waals surface area contributed by atoms with Crippen LogP contribution in [0.5, 0.6) is 0 Å². The summed E-state index contributed by atoms with van der Waals surface area (Å²) in [6.07, 6.45) is 0. The monoisotopic (exact) mass is 431 g/mol. The highest BCUT2D eigenvalue weighted by molar-refractivity contribution is 7.99. The largest absolute Gasteiger partial charge is 0.354 e. The van der Waals surface area contributed by atoms with Gasteiger partial charge in [-0.15, -0.1) is 11.8 Å². The van der Waals surface area contributed by atoms with Crippen LogP contribution < -0.4 is 5.32 Å². The van der Waals surface area contributed by atoms with Gasteiger partial charge in [-0.05, 0) is 62.4 Å². The maximum Gasteiger partial charge on any atom is 0.241 e. The minimum atomic E-state index is -3.84. The van der Waals surface area contributed by atoms with E-state index in [1.54, 1.807) is 23.9 Å². The average Bonchev–Trinajstić information content (AvgIpc) is 2.60. The summed E-state index contributed by atoms with van der Waals surface area (Å²) in [6, 6.07) is 13.2. The Morgan fingerprint density at radius 2 is 1.50 bits per heavy atom. The average molecular weight is 432 g/mol. The molecule has 2 rings (SSSR count). The third kappa shape index (κ3) is 4.94. The minimum Gasteiger partial charge on any atom is -0.354 e. The molecular formula is C18H19Cl2NO3S2. The summed E-state index contributed by atoms with van der Waals surface area (Å²) in [5, 5.41) is 3.80. The van der Waals surface area contributed by atoms with Crippen molar-refractivity contribution in [3.05, 3.63) is 58.6 Å². The van der Waals surface area contributed by atoms with E-state index in [-0.39, 0.29) is 4.90 Å². The number of hydrogen-bond donors (Lipinski definition) is 1. The summed E-state index contributed by atoms with van der Waals surface area (Å²) in [5.41, 5.74) is 0. The van der Waals surface area contributed by atoms with E-state index in [0.717, 1.165) is 4.90 Å². The number of nitrogens with one attached hydrogen (secondary N) is 1. The van der Waals surface area contributed by atoms with Gasteiger partial charge in [0.15, 0.2) is 9.84 Å². The first-order chi connectivity index (χ1) is 12.1. The lowest BCUT2D eigenvalue weighted by molar-refractivity contribution is -0.122. The molecule has 0 aromatic heterocycles. The molecule has 8 heteroatoms. The molecule has 0 atom stereocenters. The van der Waals surface area contributed by atoms with Crippen molar-refractivity contribution in [2.24, 2.45) is 0 Å². The van der Waals surface area contributed by atoms with Crippen molar-refractivity contribution >= 4 is 50.7 Å². The predicted octanol–water partition coefficient (Wildman–Crippen LogP) is 4.45. The molecule has 0 fully saturated rings. The fraction of sp³-hybridized carbons (Fsp3) is 0.278. The zero-order valence-electron chi connectivity index (χ0n) is 14.3. The first-order valence-electron chi connectivity index (χ1n) is 7.81. The van der Waals surface area contributed by atoms with E-state index < -0.39 is 20.5 Å². The highest BCUT2D eigenvalue weighted by Crippen LogP contribution is 2.27. The van der Waals surface area contributed by atoms with Gasteiger partial charge in [0.25, 0.3) is 0 Å². The lowest BCUT2D eigenvalue weighted by Gasteiger charge is -2.24. The number of carbonyl (C=O) groups is 1. The fourth-order valence-corrected chi connectivity index (χ4v) is 4.53. The Balaban J connectivity index is 1.96. The number of benzene rings is 2.